The quantitative estimate of drug-likeness (QED) is 0.0815. The summed E-state index contributed by atoms with van der Waals surface area (Å²) >= 11 is 0. The van der Waals surface area contributed by atoms with E-state index in [1.165, 1.54) is 0 Å². The number of rotatable bonds is 14. The smallest absolute Gasteiger partial charge is 0.343 e. The number of esters is 1. The van der Waals surface area contributed by atoms with Crippen LogP contribution >= 0.6 is 0 Å². The third-order valence-corrected chi connectivity index (χ3v) is 9.57. The highest BCUT2D eigenvalue weighted by Gasteiger charge is 2.41. The van der Waals surface area contributed by atoms with Crippen LogP contribution in [0, 0.1) is 0 Å². The number of unbranched alkanes of at least 4 members (excludes halogenated alkanes) is 1. The van der Waals surface area contributed by atoms with Gasteiger partial charge >= 0.3 is 5.97 Å². The van der Waals surface area contributed by atoms with E-state index in [0.717, 1.165) is 64.0 Å². The van der Waals surface area contributed by atoms with E-state index in [0.29, 0.717) is 23.8 Å². The lowest BCUT2D eigenvalue weighted by molar-refractivity contribution is 0.0526. The summed E-state index contributed by atoms with van der Waals surface area (Å²) in [5.41, 5.74) is 6.50. The van der Waals surface area contributed by atoms with Gasteiger partial charge in [-0.1, -0.05) is 153 Å². The fraction of sp³-hybridized carbons (Fsp3) is 0.200. The summed E-state index contributed by atoms with van der Waals surface area (Å²) in [4.78, 5) is 25.8. The van der Waals surface area contributed by atoms with Crippen molar-refractivity contribution in [2.75, 3.05) is 18.6 Å². The average molecular weight is 714 g/mol. The van der Waals surface area contributed by atoms with E-state index < -0.39 is 11.5 Å². The van der Waals surface area contributed by atoms with Crippen LogP contribution in [0.5, 0.6) is 0 Å². The molecular weight excluding hydrogens is 671 g/mol. The van der Waals surface area contributed by atoms with Crippen molar-refractivity contribution in [3.8, 4) is 22.5 Å². The van der Waals surface area contributed by atoms with Crippen molar-refractivity contribution in [2.45, 2.75) is 45.2 Å². The summed E-state index contributed by atoms with van der Waals surface area (Å²) in [5, 5.41) is 14.6. The Hall–Kier alpha value is -6.48. The van der Waals surface area contributed by atoms with Crippen LogP contribution in [0.2, 0.25) is 0 Å². The molecule has 54 heavy (non-hydrogen) atoms. The number of anilines is 1. The summed E-state index contributed by atoms with van der Waals surface area (Å²) in [6, 6.07) is 47.6. The first-order valence-corrected chi connectivity index (χ1v) is 18.4. The number of carbonyl (C=O) groups excluding carboxylic acids is 1. The first-order chi connectivity index (χ1) is 26.5. The Balaban J connectivity index is 1.22. The second-order valence-electron chi connectivity index (χ2n) is 13.2. The lowest BCUT2D eigenvalue weighted by Gasteiger charge is -2.34. The number of hydrogen-bond donors (Lipinski definition) is 0. The number of carbonyl (C=O) groups is 1. The van der Waals surface area contributed by atoms with Crippen LogP contribution < -0.4 is 4.90 Å². The molecule has 0 aliphatic rings. The summed E-state index contributed by atoms with van der Waals surface area (Å²) in [7, 11) is 1.94. The van der Waals surface area contributed by atoms with Crippen molar-refractivity contribution >= 4 is 11.8 Å². The molecule has 0 saturated heterocycles. The molecule has 0 saturated carbocycles. The zero-order valence-electron chi connectivity index (χ0n) is 30.8. The zero-order valence-corrected chi connectivity index (χ0v) is 30.8. The second kappa shape index (κ2) is 16.5. The second-order valence-corrected chi connectivity index (χ2v) is 13.2. The molecule has 0 N–H and O–H groups in total. The third-order valence-electron chi connectivity index (χ3n) is 9.57. The van der Waals surface area contributed by atoms with Gasteiger partial charge in [-0.2, -0.15) is 0 Å². The van der Waals surface area contributed by atoms with Crippen molar-refractivity contribution in [3.05, 3.63) is 179 Å². The summed E-state index contributed by atoms with van der Waals surface area (Å²) in [6.45, 7) is 4.75. The van der Waals surface area contributed by atoms with Gasteiger partial charge in [0.15, 0.2) is 5.54 Å². The van der Waals surface area contributed by atoms with E-state index in [-0.39, 0.29) is 6.61 Å². The van der Waals surface area contributed by atoms with E-state index in [2.05, 4.69) is 78.6 Å². The molecule has 0 atom stereocenters. The highest BCUT2D eigenvalue weighted by Crippen LogP contribution is 2.40. The van der Waals surface area contributed by atoms with Gasteiger partial charge in [-0.25, -0.2) is 14.8 Å². The third kappa shape index (κ3) is 7.25. The van der Waals surface area contributed by atoms with Crippen molar-refractivity contribution in [2.24, 2.45) is 0 Å². The van der Waals surface area contributed by atoms with E-state index in [1.54, 1.807) is 17.9 Å². The summed E-state index contributed by atoms with van der Waals surface area (Å²) in [5.74, 6) is 1.39. The van der Waals surface area contributed by atoms with Gasteiger partial charge in [0, 0.05) is 31.8 Å². The lowest BCUT2D eigenvalue weighted by atomic mass is 9.77. The molecule has 9 nitrogen and oxygen atoms in total. The molecule has 0 aliphatic heterocycles. The molecule has 7 aromatic rings. The van der Waals surface area contributed by atoms with Gasteiger partial charge in [-0.05, 0) is 51.9 Å². The van der Waals surface area contributed by atoms with Gasteiger partial charge in [-0.15, -0.1) is 15.0 Å². The van der Waals surface area contributed by atoms with Crippen LogP contribution in [0.15, 0.2) is 146 Å². The average Bonchev–Trinajstić information content (AvgIpc) is 3.72. The zero-order chi connectivity index (χ0) is 37.3. The van der Waals surface area contributed by atoms with Crippen molar-refractivity contribution in [1.82, 2.24) is 30.2 Å². The molecule has 7 rings (SSSR count). The molecule has 9 heteroatoms. The van der Waals surface area contributed by atoms with Crippen molar-refractivity contribution in [1.29, 1.82) is 0 Å². The minimum Gasteiger partial charge on any atom is -0.462 e. The fourth-order valence-corrected chi connectivity index (χ4v) is 6.92. The Morgan fingerprint density at radius 3 is 1.89 bits per heavy atom. The Morgan fingerprint density at radius 2 is 1.31 bits per heavy atom. The maximum Gasteiger partial charge on any atom is 0.343 e. The first kappa shape index (κ1) is 35.9. The van der Waals surface area contributed by atoms with Crippen LogP contribution in [0.3, 0.4) is 0 Å². The summed E-state index contributed by atoms with van der Waals surface area (Å²) < 4.78 is 5.33. The monoisotopic (exact) mass is 713 g/mol. The van der Waals surface area contributed by atoms with E-state index >= 15 is 0 Å². The Labute approximate surface area is 316 Å². The fourth-order valence-electron chi connectivity index (χ4n) is 6.92. The van der Waals surface area contributed by atoms with Gasteiger partial charge in [0.25, 0.3) is 0 Å². The maximum atomic E-state index is 12.8. The van der Waals surface area contributed by atoms with Crippen LogP contribution in [-0.4, -0.2) is 49.8 Å². The van der Waals surface area contributed by atoms with Gasteiger partial charge in [0.1, 0.15) is 17.2 Å². The molecule has 0 unspecified atom stereocenters. The maximum absolute atomic E-state index is 12.8. The van der Waals surface area contributed by atoms with E-state index in [4.69, 9.17) is 25.1 Å². The SMILES string of the molecule is CCCCc1ncc(C(=O)OCC)c(N(C)Cc2ccc(-c3ccccc3-c3nnn(C(c4ccccc4)(c4ccccc4)c4ccccc4)n3)cc2)n1. The van der Waals surface area contributed by atoms with Gasteiger partial charge in [0.2, 0.25) is 5.82 Å². The number of hydrogen-bond acceptors (Lipinski definition) is 8. The first-order valence-electron chi connectivity index (χ1n) is 18.4. The molecule has 270 valence electrons. The van der Waals surface area contributed by atoms with E-state index in [1.807, 2.05) is 84.7 Å². The Kier molecular flexibility index (Phi) is 10.9. The van der Waals surface area contributed by atoms with Crippen LogP contribution in [0.4, 0.5) is 5.82 Å². The number of aromatic nitrogens is 6. The van der Waals surface area contributed by atoms with Gasteiger partial charge < -0.3 is 9.64 Å². The Bertz CT molecular complexity index is 2200. The molecule has 2 aromatic heterocycles. The van der Waals surface area contributed by atoms with Crippen molar-refractivity contribution < 1.29 is 9.53 Å². The van der Waals surface area contributed by atoms with Crippen LogP contribution in [0.1, 0.15) is 65.1 Å². The van der Waals surface area contributed by atoms with Gasteiger partial charge in [-0.3, -0.25) is 0 Å². The summed E-state index contributed by atoms with van der Waals surface area (Å²) in [6.07, 6.45) is 4.36. The number of aryl methyl sites for hydroxylation is 1. The molecule has 0 bridgehead atoms. The molecule has 0 spiro atoms. The van der Waals surface area contributed by atoms with Crippen LogP contribution in [0.25, 0.3) is 22.5 Å². The molecule has 0 aliphatic carbocycles. The predicted octanol–water partition coefficient (Wildman–Crippen LogP) is 8.79. The molecule has 2 heterocycles. The van der Waals surface area contributed by atoms with Crippen molar-refractivity contribution in [3.63, 3.8) is 0 Å². The van der Waals surface area contributed by atoms with Crippen LogP contribution in [-0.2, 0) is 23.2 Å². The standard InChI is InChI=1S/C45H43N7O2/c1-4-6-26-41-46-31-40(44(53)54-5-2)43(47-41)51(3)32-33-27-29-34(30-28-33)38-24-16-17-25-39(38)42-48-50-52(49-42)45(35-18-10-7-11-19-35,36-20-12-8-13-21-36)37-22-14-9-15-23-37/h7-25,27-31H,4-6,26,32H2,1-3H3. The molecular formula is C45H43N7O2. The number of benzene rings is 5. The minimum absolute atomic E-state index is 0.280. The molecule has 5 aromatic carbocycles. The minimum atomic E-state index is -0.870. The van der Waals surface area contributed by atoms with Gasteiger partial charge in [0.05, 0.1) is 6.61 Å². The largest absolute Gasteiger partial charge is 0.462 e. The lowest BCUT2D eigenvalue weighted by Crippen LogP contribution is -2.39. The number of ether oxygens (including phenoxy) is 1. The molecule has 0 fully saturated rings. The molecule has 0 radical (unpaired) electrons. The highest BCUT2D eigenvalue weighted by molar-refractivity contribution is 5.94. The predicted molar refractivity (Wildman–Crippen MR) is 212 cm³/mol. The topological polar surface area (TPSA) is 98.9 Å². The number of nitrogens with zero attached hydrogens (tertiary/aromatic N) is 7. The highest BCUT2D eigenvalue weighted by atomic mass is 16.5. The normalized spacial score (nSPS) is 11.3. The number of tetrazole rings is 1. The Morgan fingerprint density at radius 1 is 0.741 bits per heavy atom. The molecule has 0 amide bonds. The van der Waals surface area contributed by atoms with E-state index in [9.17, 15) is 4.79 Å².